The number of H-pyrrole nitrogens is 1. The Morgan fingerprint density at radius 1 is 1.22 bits per heavy atom. The molecule has 3 saturated heterocycles. The maximum atomic E-state index is 12.8. The van der Waals surface area contributed by atoms with Crippen molar-refractivity contribution in [1.29, 1.82) is 0 Å². The van der Waals surface area contributed by atoms with Gasteiger partial charge in [-0.25, -0.2) is 4.98 Å². The summed E-state index contributed by atoms with van der Waals surface area (Å²) in [5.74, 6) is 1.83. The highest BCUT2D eigenvalue weighted by atomic mass is 16.5. The number of fused-ring (bicyclic) bond motifs is 4. The molecule has 0 aromatic carbocycles. The summed E-state index contributed by atoms with van der Waals surface area (Å²) in [6.45, 7) is 8.14. The molecule has 36 heavy (non-hydrogen) atoms. The fraction of sp³-hybridized carbons (Fsp3) is 0.625. The van der Waals surface area contributed by atoms with Crippen molar-refractivity contribution in [2.24, 2.45) is 11.8 Å². The minimum absolute atomic E-state index is 0.0629. The van der Waals surface area contributed by atoms with E-state index in [0.29, 0.717) is 41.6 Å². The Bertz CT molecular complexity index is 954. The molecule has 3 fully saturated rings. The number of nitrogens with one attached hydrogen (secondary N) is 2. The van der Waals surface area contributed by atoms with Crippen LogP contribution >= 0.6 is 0 Å². The summed E-state index contributed by atoms with van der Waals surface area (Å²) in [5.41, 5.74) is 2.43. The van der Waals surface area contributed by atoms with Gasteiger partial charge in [-0.3, -0.25) is 24.2 Å². The quantitative estimate of drug-likeness (QED) is 0.439. The number of hydrogen-bond donors (Lipinski definition) is 4. The van der Waals surface area contributed by atoms with Crippen LogP contribution in [0.1, 0.15) is 53.2 Å². The third-order valence-corrected chi connectivity index (χ3v) is 7.38. The summed E-state index contributed by atoms with van der Waals surface area (Å²) in [7, 11) is 0. The molecule has 0 radical (unpaired) electrons. The van der Waals surface area contributed by atoms with E-state index in [4.69, 9.17) is 24.3 Å². The Morgan fingerprint density at radius 3 is 2.58 bits per heavy atom. The Morgan fingerprint density at radius 2 is 1.94 bits per heavy atom. The second kappa shape index (κ2) is 13.2. The second-order valence-corrected chi connectivity index (χ2v) is 9.52. The number of aryl methyl sites for hydroxylation is 2. The number of imidazole rings is 1. The molecule has 3 aliphatic rings. The molecule has 0 saturated carbocycles. The molecule has 2 aromatic heterocycles. The first kappa shape index (κ1) is 27.3. The Kier molecular flexibility index (Phi) is 10.00. The van der Waals surface area contributed by atoms with Crippen LogP contribution in [0.4, 0.5) is 0 Å². The average Bonchev–Trinajstić information content (AvgIpc) is 3.49. The molecule has 5 rings (SSSR count). The van der Waals surface area contributed by atoms with E-state index in [0.717, 1.165) is 32.1 Å². The van der Waals surface area contributed by atoms with Gasteiger partial charge in [0.15, 0.2) is 0 Å². The van der Waals surface area contributed by atoms with Gasteiger partial charge in [0.25, 0.3) is 18.9 Å². The van der Waals surface area contributed by atoms with E-state index in [-0.39, 0.29) is 18.9 Å². The number of hydrogen-bond acceptors (Lipinski definition) is 8. The van der Waals surface area contributed by atoms with Crippen molar-refractivity contribution in [3.63, 3.8) is 0 Å². The van der Waals surface area contributed by atoms with Gasteiger partial charge >= 0.3 is 0 Å². The number of carbonyl (C=O) groups excluding carboxylic acids is 1. The summed E-state index contributed by atoms with van der Waals surface area (Å²) in [4.78, 5) is 42.3. The number of rotatable bonds is 5. The largest absolute Gasteiger partial charge is 0.483 e. The minimum Gasteiger partial charge on any atom is -0.483 e. The van der Waals surface area contributed by atoms with Crippen LogP contribution in [-0.4, -0.2) is 92.3 Å². The van der Waals surface area contributed by atoms with Crippen molar-refractivity contribution < 1.29 is 29.1 Å². The number of likely N-dealkylation sites (tertiary alicyclic amines) is 1. The smallest absolute Gasteiger partial charge is 0.290 e. The van der Waals surface area contributed by atoms with Crippen molar-refractivity contribution in [2.45, 2.75) is 58.2 Å². The first-order valence-electron chi connectivity index (χ1n) is 12.3. The van der Waals surface area contributed by atoms with Crippen molar-refractivity contribution in [2.75, 3.05) is 26.2 Å². The second-order valence-electron chi connectivity index (χ2n) is 9.52. The molecule has 0 spiro atoms. The summed E-state index contributed by atoms with van der Waals surface area (Å²) >= 11 is 0. The van der Waals surface area contributed by atoms with Crippen molar-refractivity contribution in [3.05, 3.63) is 35.2 Å². The van der Waals surface area contributed by atoms with Gasteiger partial charge in [-0.2, -0.15) is 0 Å². The highest BCUT2D eigenvalue weighted by Gasteiger charge is 2.47. The fourth-order valence-electron chi connectivity index (χ4n) is 6.12. The Labute approximate surface area is 210 Å². The van der Waals surface area contributed by atoms with E-state index in [1.807, 2.05) is 13.1 Å². The van der Waals surface area contributed by atoms with E-state index < -0.39 is 0 Å². The van der Waals surface area contributed by atoms with Gasteiger partial charge in [0.2, 0.25) is 0 Å². The zero-order chi connectivity index (χ0) is 26.1. The van der Waals surface area contributed by atoms with Crippen LogP contribution in [0.5, 0.6) is 0 Å². The van der Waals surface area contributed by atoms with Gasteiger partial charge in [-0.05, 0) is 51.5 Å². The molecule has 3 aliphatic heterocycles. The predicted molar refractivity (Wildman–Crippen MR) is 129 cm³/mol. The predicted octanol–water partition coefficient (Wildman–Crippen LogP) is 1.52. The summed E-state index contributed by atoms with van der Waals surface area (Å²) in [6.07, 6.45) is 8.83. The number of aromatic amines is 1. The molecule has 198 valence electrons. The van der Waals surface area contributed by atoms with Gasteiger partial charge in [0.05, 0.1) is 12.0 Å². The summed E-state index contributed by atoms with van der Waals surface area (Å²) in [5, 5.41) is 20.9. The van der Waals surface area contributed by atoms with E-state index in [1.165, 1.54) is 31.4 Å². The van der Waals surface area contributed by atoms with Crippen molar-refractivity contribution in [1.82, 2.24) is 30.2 Å². The SMILES string of the molecule is Cc1noc(C)c1C(=O)NC[C@H]1[C@H]2C[C@H](CN(Cc3cnc[nH]3)C2)[C@@H]2CCCCN21.O=CO.O=CO. The maximum absolute atomic E-state index is 12.8. The molecule has 0 unspecified atom stereocenters. The first-order chi connectivity index (χ1) is 17.4. The lowest BCUT2D eigenvalue weighted by Crippen LogP contribution is -2.65. The first-order valence-corrected chi connectivity index (χ1v) is 12.3. The molecule has 12 nitrogen and oxygen atoms in total. The van der Waals surface area contributed by atoms with Crippen LogP contribution in [0.2, 0.25) is 0 Å². The fourth-order valence-corrected chi connectivity index (χ4v) is 6.12. The zero-order valence-corrected chi connectivity index (χ0v) is 20.8. The van der Waals surface area contributed by atoms with Crippen LogP contribution < -0.4 is 5.32 Å². The van der Waals surface area contributed by atoms with Crippen LogP contribution in [0.25, 0.3) is 0 Å². The zero-order valence-electron chi connectivity index (χ0n) is 20.8. The van der Waals surface area contributed by atoms with Gasteiger partial charge in [0.1, 0.15) is 11.3 Å². The van der Waals surface area contributed by atoms with Gasteiger partial charge in [-0.15, -0.1) is 0 Å². The van der Waals surface area contributed by atoms with Gasteiger partial charge in [0, 0.05) is 50.2 Å². The van der Waals surface area contributed by atoms with Crippen LogP contribution in [0, 0.1) is 25.7 Å². The van der Waals surface area contributed by atoms with Crippen LogP contribution in [-0.2, 0) is 16.1 Å². The molecule has 2 aromatic rings. The molecule has 1 amide bonds. The highest BCUT2D eigenvalue weighted by Crippen LogP contribution is 2.41. The summed E-state index contributed by atoms with van der Waals surface area (Å²) in [6, 6.07) is 1.03. The number of piperidine rings is 3. The number of carbonyl (C=O) groups is 3. The molecule has 0 aliphatic carbocycles. The molecule has 4 N–H and O–H groups in total. The Balaban J connectivity index is 0.000000550. The molecule has 4 atom stereocenters. The molecule has 5 heterocycles. The maximum Gasteiger partial charge on any atom is 0.290 e. The molecular formula is C24H36N6O6. The molecule has 12 heteroatoms. The Hall–Kier alpha value is -3.25. The lowest BCUT2D eigenvalue weighted by Gasteiger charge is -2.56. The lowest BCUT2D eigenvalue weighted by atomic mass is 9.72. The van der Waals surface area contributed by atoms with E-state index in [9.17, 15) is 4.79 Å². The normalized spacial score (nSPS) is 25.3. The monoisotopic (exact) mass is 504 g/mol. The van der Waals surface area contributed by atoms with Crippen molar-refractivity contribution in [3.8, 4) is 0 Å². The van der Waals surface area contributed by atoms with E-state index in [2.05, 4.69) is 30.2 Å². The minimum atomic E-state index is -0.250. The standard InChI is InChI=1S/C22H32N6O2.2CH2O2/c1-14-21(15(2)30-26-14)22(29)24-9-20-17-7-16(19-5-3-4-6-28(19)20)10-27(11-17)12-18-8-23-13-25-18;2*2-1-3/h8,13,16-17,19-20H,3-7,9-12H2,1-2H3,(H,23,25)(H,24,29);2*1H,(H,2,3)/t16-,17+,19+,20+;;/m1../s1. The number of carboxylic acid groups (broad SMARTS) is 2. The lowest BCUT2D eigenvalue weighted by molar-refractivity contribution is -0.123. The van der Waals surface area contributed by atoms with Gasteiger partial charge < -0.3 is 25.0 Å². The third kappa shape index (κ3) is 6.49. The topological polar surface area (TPSA) is 165 Å². The van der Waals surface area contributed by atoms with E-state index in [1.54, 1.807) is 13.3 Å². The van der Waals surface area contributed by atoms with Crippen LogP contribution in [0.15, 0.2) is 17.0 Å². The molecular weight excluding hydrogens is 468 g/mol. The third-order valence-electron chi connectivity index (χ3n) is 7.38. The average molecular weight is 505 g/mol. The number of aromatic nitrogens is 3. The van der Waals surface area contributed by atoms with Crippen molar-refractivity contribution >= 4 is 18.9 Å². The van der Waals surface area contributed by atoms with Gasteiger partial charge in [-0.1, -0.05) is 11.6 Å². The number of amides is 1. The van der Waals surface area contributed by atoms with Crippen LogP contribution in [0.3, 0.4) is 0 Å². The molecule has 2 bridgehead atoms. The summed E-state index contributed by atoms with van der Waals surface area (Å²) < 4.78 is 5.19. The highest BCUT2D eigenvalue weighted by molar-refractivity contribution is 5.96. The van der Waals surface area contributed by atoms with E-state index >= 15 is 0 Å². The number of nitrogens with zero attached hydrogens (tertiary/aromatic N) is 4.